The molecule has 5 rings (SSSR count). The molecule has 4 aliphatic rings. The summed E-state index contributed by atoms with van der Waals surface area (Å²) in [5.41, 5.74) is -1.74. The molecule has 0 atom stereocenters. The summed E-state index contributed by atoms with van der Waals surface area (Å²) in [6, 6.07) is 2.11. The second-order valence-corrected chi connectivity index (χ2v) is 9.46. The number of Topliss-reactive ketones (excluding diaryl/α,β-unsaturated/α-hetero) is 1. The fourth-order valence-electron chi connectivity index (χ4n) is 4.93. The van der Waals surface area contributed by atoms with Crippen molar-refractivity contribution in [1.29, 1.82) is 0 Å². The number of hydrogen-bond donors (Lipinski definition) is 1. The van der Waals surface area contributed by atoms with Crippen LogP contribution < -0.4 is 5.32 Å². The summed E-state index contributed by atoms with van der Waals surface area (Å²) in [5.74, 6) is -3.96. The fourth-order valence-corrected chi connectivity index (χ4v) is 5.08. The van der Waals surface area contributed by atoms with Gasteiger partial charge in [0.1, 0.15) is 6.61 Å². The van der Waals surface area contributed by atoms with Gasteiger partial charge in [-0.3, -0.25) is 19.1 Å². The Kier molecular flexibility index (Phi) is 6.36. The minimum atomic E-state index is -4.70. The summed E-state index contributed by atoms with van der Waals surface area (Å²) >= 11 is 5.49. The molecule has 2 amide bonds. The molecule has 0 spiro atoms. The summed E-state index contributed by atoms with van der Waals surface area (Å²) in [6.45, 7) is -0.785. The molecule has 0 aromatic heterocycles. The number of benzene rings is 1. The Morgan fingerprint density at radius 1 is 1.15 bits per heavy atom. The van der Waals surface area contributed by atoms with Gasteiger partial charge in [0.15, 0.2) is 17.4 Å². The van der Waals surface area contributed by atoms with E-state index in [0.29, 0.717) is 25.7 Å². The van der Waals surface area contributed by atoms with E-state index in [4.69, 9.17) is 16.3 Å². The maximum atomic E-state index is 14.0. The van der Waals surface area contributed by atoms with Crippen LogP contribution in [0.1, 0.15) is 42.5 Å². The van der Waals surface area contributed by atoms with Crippen LogP contribution in [0.15, 0.2) is 12.1 Å². The van der Waals surface area contributed by atoms with Gasteiger partial charge in [-0.25, -0.2) is 8.78 Å². The van der Waals surface area contributed by atoms with Gasteiger partial charge in [-0.15, -0.1) is 13.2 Å². The van der Waals surface area contributed by atoms with E-state index in [0.717, 1.165) is 12.1 Å². The number of halogens is 6. The van der Waals surface area contributed by atoms with Crippen LogP contribution in [0.5, 0.6) is 0 Å². The number of ketones is 1. The number of carbonyl (C=O) groups is 3. The average molecular weight is 511 g/mol. The standard InChI is InChI=1S/C21H20ClF5N2O5/c22-14-2-1-13(17(23)18(14)24)15(31)5-29(10-30)20-7-19(8-20,9-20)28-16(32)6-33-11-3-12(4-11)34-21(25,26)27/h1-2,10-12H,3-9H2,(H,28,32). The average Bonchev–Trinajstić information content (AvgIpc) is 2.67. The van der Waals surface area contributed by atoms with Crippen molar-refractivity contribution in [1.82, 2.24) is 10.2 Å². The lowest BCUT2D eigenvalue weighted by atomic mass is 9.43. The Hall–Kier alpha value is -2.31. The van der Waals surface area contributed by atoms with Crippen molar-refractivity contribution < 1.29 is 45.8 Å². The fraction of sp³-hybridized carbons (Fsp3) is 0.571. The first-order valence-electron chi connectivity index (χ1n) is 10.4. The van der Waals surface area contributed by atoms with E-state index in [1.54, 1.807) is 0 Å². The monoisotopic (exact) mass is 510 g/mol. The molecule has 0 aliphatic heterocycles. The Morgan fingerprint density at radius 3 is 2.38 bits per heavy atom. The number of rotatable bonds is 10. The molecule has 13 heteroatoms. The highest BCUT2D eigenvalue weighted by Crippen LogP contribution is 2.63. The quantitative estimate of drug-likeness (QED) is 0.226. The molecule has 4 saturated carbocycles. The van der Waals surface area contributed by atoms with Crippen LogP contribution in [0, 0.1) is 11.6 Å². The summed E-state index contributed by atoms with van der Waals surface area (Å²) in [5, 5.41) is 2.33. The molecule has 186 valence electrons. The predicted molar refractivity (Wildman–Crippen MR) is 106 cm³/mol. The van der Waals surface area contributed by atoms with Crippen LogP contribution in [0.2, 0.25) is 5.02 Å². The van der Waals surface area contributed by atoms with E-state index < -0.39 is 70.1 Å². The molecule has 1 aromatic carbocycles. The number of amides is 2. The van der Waals surface area contributed by atoms with Gasteiger partial charge in [0.25, 0.3) is 0 Å². The molecule has 0 saturated heterocycles. The first-order chi connectivity index (χ1) is 15.9. The molecular formula is C21H20ClF5N2O5. The molecular weight excluding hydrogens is 491 g/mol. The van der Waals surface area contributed by atoms with Gasteiger partial charge < -0.3 is 15.0 Å². The van der Waals surface area contributed by atoms with Crippen molar-refractivity contribution in [3.05, 3.63) is 34.4 Å². The van der Waals surface area contributed by atoms with Gasteiger partial charge in [0.05, 0.1) is 29.3 Å². The number of hydrogen-bond acceptors (Lipinski definition) is 5. The van der Waals surface area contributed by atoms with Crippen molar-refractivity contribution in [2.24, 2.45) is 0 Å². The third-order valence-corrected chi connectivity index (χ3v) is 6.89. The van der Waals surface area contributed by atoms with Crippen molar-refractivity contribution in [3.63, 3.8) is 0 Å². The molecule has 4 fully saturated rings. The normalized spacial score (nSPS) is 29.4. The molecule has 2 bridgehead atoms. The summed E-state index contributed by atoms with van der Waals surface area (Å²) in [4.78, 5) is 37.4. The second-order valence-electron chi connectivity index (χ2n) is 9.05. The molecule has 1 aromatic rings. The molecule has 34 heavy (non-hydrogen) atoms. The van der Waals surface area contributed by atoms with Gasteiger partial charge in [-0.2, -0.15) is 0 Å². The van der Waals surface area contributed by atoms with Gasteiger partial charge in [0.2, 0.25) is 12.3 Å². The molecule has 7 nitrogen and oxygen atoms in total. The number of nitrogens with one attached hydrogen (secondary N) is 1. The van der Waals surface area contributed by atoms with Crippen LogP contribution in [0.4, 0.5) is 22.0 Å². The van der Waals surface area contributed by atoms with Gasteiger partial charge in [0, 0.05) is 23.9 Å². The maximum absolute atomic E-state index is 14.0. The van der Waals surface area contributed by atoms with E-state index in [-0.39, 0.29) is 19.4 Å². The summed E-state index contributed by atoms with van der Waals surface area (Å²) in [6.07, 6.45) is -4.49. The lowest BCUT2D eigenvalue weighted by Gasteiger charge is -2.72. The highest BCUT2D eigenvalue weighted by Gasteiger charge is 2.71. The molecule has 0 heterocycles. The minimum Gasteiger partial charge on any atom is -0.368 e. The zero-order valence-corrected chi connectivity index (χ0v) is 18.3. The Bertz CT molecular complexity index is 994. The predicted octanol–water partition coefficient (Wildman–Crippen LogP) is 3.13. The van der Waals surface area contributed by atoms with E-state index in [1.807, 2.05) is 0 Å². The SMILES string of the molecule is O=CN(CC(=O)c1ccc(Cl)c(F)c1F)C12CC(NC(=O)COC3CC(OC(F)(F)F)C3)(C1)C2. The van der Waals surface area contributed by atoms with E-state index in [1.165, 1.54) is 4.90 Å². The Balaban J connectivity index is 1.21. The minimum absolute atomic E-state index is 0.0431. The van der Waals surface area contributed by atoms with E-state index in [9.17, 15) is 36.3 Å². The summed E-state index contributed by atoms with van der Waals surface area (Å²) < 4.78 is 73.2. The van der Waals surface area contributed by atoms with E-state index in [2.05, 4.69) is 10.1 Å². The van der Waals surface area contributed by atoms with Gasteiger partial charge in [-0.1, -0.05) is 11.6 Å². The lowest BCUT2D eigenvalue weighted by Crippen LogP contribution is -2.84. The molecule has 4 aliphatic carbocycles. The topological polar surface area (TPSA) is 84.9 Å². The van der Waals surface area contributed by atoms with Crippen LogP contribution in [0.3, 0.4) is 0 Å². The molecule has 0 radical (unpaired) electrons. The van der Waals surface area contributed by atoms with Crippen LogP contribution in [-0.4, -0.2) is 65.8 Å². The number of carbonyl (C=O) groups excluding carboxylic acids is 3. The van der Waals surface area contributed by atoms with Crippen LogP contribution >= 0.6 is 11.6 Å². The van der Waals surface area contributed by atoms with Crippen LogP contribution in [-0.2, 0) is 19.1 Å². The van der Waals surface area contributed by atoms with Crippen molar-refractivity contribution >= 4 is 29.7 Å². The number of nitrogens with zero attached hydrogens (tertiary/aromatic N) is 1. The highest BCUT2D eigenvalue weighted by molar-refractivity contribution is 6.30. The molecule has 1 N–H and O–H groups in total. The number of ether oxygens (including phenoxy) is 2. The largest absolute Gasteiger partial charge is 0.522 e. The van der Waals surface area contributed by atoms with Crippen molar-refractivity contribution in [3.8, 4) is 0 Å². The van der Waals surface area contributed by atoms with Crippen molar-refractivity contribution in [2.75, 3.05) is 13.2 Å². The Labute approximate surface area is 195 Å². The highest BCUT2D eigenvalue weighted by atomic mass is 35.5. The zero-order chi connectivity index (χ0) is 24.9. The Morgan fingerprint density at radius 2 is 1.79 bits per heavy atom. The van der Waals surface area contributed by atoms with E-state index >= 15 is 0 Å². The summed E-state index contributed by atoms with van der Waals surface area (Å²) in [7, 11) is 0. The molecule has 0 unspecified atom stereocenters. The lowest BCUT2D eigenvalue weighted by molar-refractivity contribution is -0.357. The number of alkyl halides is 3. The second kappa shape index (κ2) is 8.72. The van der Waals surface area contributed by atoms with Gasteiger partial charge in [-0.05, 0) is 31.4 Å². The first-order valence-corrected chi connectivity index (χ1v) is 10.8. The van der Waals surface area contributed by atoms with Gasteiger partial charge >= 0.3 is 6.36 Å². The third kappa shape index (κ3) is 4.76. The smallest absolute Gasteiger partial charge is 0.368 e. The zero-order valence-electron chi connectivity index (χ0n) is 17.6. The first kappa shape index (κ1) is 24.8. The maximum Gasteiger partial charge on any atom is 0.522 e. The third-order valence-electron chi connectivity index (χ3n) is 6.59. The van der Waals surface area contributed by atoms with Crippen LogP contribution in [0.25, 0.3) is 0 Å². The van der Waals surface area contributed by atoms with Crippen molar-refractivity contribution in [2.45, 2.75) is 61.8 Å².